The van der Waals surface area contributed by atoms with Crippen LogP contribution in [0.15, 0.2) is 42.6 Å². The molecule has 0 unspecified atom stereocenters. The van der Waals surface area contributed by atoms with Gasteiger partial charge in [-0.05, 0) is 31.4 Å². The van der Waals surface area contributed by atoms with Crippen molar-refractivity contribution in [3.05, 3.63) is 53.9 Å². The summed E-state index contributed by atoms with van der Waals surface area (Å²) >= 11 is 0. The first kappa shape index (κ1) is 17.2. The van der Waals surface area contributed by atoms with Crippen LogP contribution in [-0.4, -0.2) is 37.7 Å². The normalized spacial score (nSPS) is 15.9. The maximum Gasteiger partial charge on any atom is 0.326 e. The summed E-state index contributed by atoms with van der Waals surface area (Å²) in [5.41, 5.74) is 1.37. The van der Waals surface area contributed by atoms with Crippen LogP contribution in [0.2, 0.25) is 0 Å². The van der Waals surface area contributed by atoms with Crippen LogP contribution in [-0.2, 0) is 11.3 Å². The largest absolute Gasteiger partial charge is 0.480 e. The minimum atomic E-state index is -1.02. The summed E-state index contributed by atoms with van der Waals surface area (Å²) in [5.74, 6) is -1.31. The van der Waals surface area contributed by atoms with Gasteiger partial charge in [-0.15, -0.1) is 0 Å². The van der Waals surface area contributed by atoms with Gasteiger partial charge in [-0.2, -0.15) is 5.10 Å². The van der Waals surface area contributed by atoms with E-state index in [9.17, 15) is 14.7 Å². The number of hydrogen-bond acceptors (Lipinski definition) is 3. The van der Waals surface area contributed by atoms with Gasteiger partial charge in [-0.3, -0.25) is 9.48 Å². The topological polar surface area (TPSA) is 75.4 Å². The maximum absolute atomic E-state index is 13.1. The number of rotatable bonds is 6. The third kappa shape index (κ3) is 3.73. The number of benzene rings is 1. The number of carbonyl (C=O) groups excluding carboxylic acids is 1. The highest BCUT2D eigenvalue weighted by atomic mass is 16.4. The van der Waals surface area contributed by atoms with E-state index in [4.69, 9.17) is 0 Å². The van der Waals surface area contributed by atoms with E-state index in [-0.39, 0.29) is 18.5 Å². The van der Waals surface area contributed by atoms with E-state index in [1.54, 1.807) is 23.9 Å². The van der Waals surface area contributed by atoms with Crippen LogP contribution in [0.3, 0.4) is 0 Å². The highest BCUT2D eigenvalue weighted by Gasteiger charge is 2.30. The first-order valence-electron chi connectivity index (χ1n) is 8.69. The number of hydrogen-bond donors (Lipinski definition) is 1. The van der Waals surface area contributed by atoms with Gasteiger partial charge in [0.05, 0.1) is 6.04 Å². The Kier molecular flexibility index (Phi) is 5.16. The van der Waals surface area contributed by atoms with Crippen molar-refractivity contribution in [3.63, 3.8) is 0 Å². The lowest BCUT2D eigenvalue weighted by Gasteiger charge is -2.27. The Morgan fingerprint density at radius 1 is 1.24 bits per heavy atom. The summed E-state index contributed by atoms with van der Waals surface area (Å²) in [4.78, 5) is 26.1. The third-order valence-corrected chi connectivity index (χ3v) is 4.84. The molecule has 25 heavy (non-hydrogen) atoms. The summed E-state index contributed by atoms with van der Waals surface area (Å²) in [7, 11) is 0. The molecule has 1 aromatic carbocycles. The molecule has 3 rings (SSSR count). The quantitative estimate of drug-likeness (QED) is 0.876. The average molecular weight is 341 g/mol. The van der Waals surface area contributed by atoms with E-state index in [2.05, 4.69) is 5.10 Å². The Labute approximate surface area is 147 Å². The highest BCUT2D eigenvalue weighted by molar-refractivity contribution is 5.95. The van der Waals surface area contributed by atoms with Crippen molar-refractivity contribution in [2.24, 2.45) is 0 Å². The Morgan fingerprint density at radius 3 is 2.56 bits per heavy atom. The van der Waals surface area contributed by atoms with Crippen molar-refractivity contribution in [3.8, 4) is 0 Å². The first-order valence-corrected chi connectivity index (χ1v) is 8.69. The number of nitrogens with zero attached hydrogens (tertiary/aromatic N) is 3. The Bertz CT molecular complexity index is 735. The lowest BCUT2D eigenvalue weighted by atomic mass is 10.1. The summed E-state index contributed by atoms with van der Waals surface area (Å²) in [5, 5.41) is 13.8. The molecule has 0 aliphatic heterocycles. The van der Waals surface area contributed by atoms with E-state index >= 15 is 0 Å². The van der Waals surface area contributed by atoms with Crippen LogP contribution in [0.25, 0.3) is 0 Å². The molecule has 0 bridgehead atoms. The fraction of sp³-hybridized carbons (Fsp3) is 0.421. The zero-order chi connectivity index (χ0) is 17.8. The van der Waals surface area contributed by atoms with Crippen LogP contribution < -0.4 is 0 Å². The number of carboxylic acid groups (broad SMARTS) is 1. The van der Waals surface area contributed by atoms with Crippen molar-refractivity contribution in [1.82, 2.24) is 14.7 Å². The number of aromatic nitrogens is 2. The van der Waals surface area contributed by atoms with Gasteiger partial charge < -0.3 is 10.0 Å². The molecule has 1 aliphatic rings. The molecule has 1 heterocycles. The number of aliphatic carboxylic acids is 1. The molecule has 0 spiro atoms. The van der Waals surface area contributed by atoms with Crippen molar-refractivity contribution in [2.75, 3.05) is 0 Å². The Hall–Kier alpha value is -2.63. The van der Waals surface area contributed by atoms with Gasteiger partial charge in [-0.25, -0.2) is 4.79 Å². The zero-order valence-corrected chi connectivity index (χ0v) is 14.3. The molecule has 1 atom stereocenters. The van der Waals surface area contributed by atoms with E-state index < -0.39 is 12.0 Å². The number of carboxylic acids is 1. The molecule has 1 fully saturated rings. The third-order valence-electron chi connectivity index (χ3n) is 4.84. The van der Waals surface area contributed by atoms with Crippen molar-refractivity contribution in [2.45, 2.75) is 51.2 Å². The van der Waals surface area contributed by atoms with Crippen molar-refractivity contribution in [1.29, 1.82) is 0 Å². The molecular formula is C19H23N3O3. The van der Waals surface area contributed by atoms with Gasteiger partial charge in [0, 0.05) is 12.7 Å². The van der Waals surface area contributed by atoms with Gasteiger partial charge >= 0.3 is 5.97 Å². The summed E-state index contributed by atoms with van der Waals surface area (Å²) in [6.07, 6.45) is 5.91. The van der Waals surface area contributed by atoms with E-state index in [0.717, 1.165) is 31.2 Å². The van der Waals surface area contributed by atoms with Gasteiger partial charge in [-0.1, -0.05) is 43.2 Å². The molecule has 1 saturated carbocycles. The summed E-state index contributed by atoms with van der Waals surface area (Å²) < 4.78 is 1.78. The van der Waals surface area contributed by atoms with Crippen LogP contribution in [0.4, 0.5) is 0 Å². The molecule has 132 valence electrons. The van der Waals surface area contributed by atoms with Crippen LogP contribution in [0.5, 0.6) is 0 Å². The Morgan fingerprint density at radius 2 is 1.92 bits per heavy atom. The lowest BCUT2D eigenvalue weighted by Crippen LogP contribution is -2.43. The molecule has 0 radical (unpaired) electrons. The standard InChI is InChI=1S/C19H23N3O3/c1-14(19(24)25)21(13-15-7-3-2-4-8-15)18(23)17-11-12-20-22(17)16-9-5-6-10-16/h2-4,7-8,11-12,14,16H,5-6,9-10,13H2,1H3,(H,24,25)/t14-/m1/s1. The van der Waals surface area contributed by atoms with E-state index in [1.807, 2.05) is 30.3 Å². The lowest BCUT2D eigenvalue weighted by molar-refractivity contribution is -0.141. The molecule has 6 nitrogen and oxygen atoms in total. The van der Waals surface area contributed by atoms with Crippen molar-refractivity contribution < 1.29 is 14.7 Å². The fourth-order valence-electron chi connectivity index (χ4n) is 3.37. The smallest absolute Gasteiger partial charge is 0.326 e. The SMILES string of the molecule is C[C@H](C(=O)O)N(Cc1ccccc1)C(=O)c1ccnn1C1CCCC1. The molecule has 0 saturated heterocycles. The Balaban J connectivity index is 1.89. The van der Waals surface area contributed by atoms with E-state index in [0.29, 0.717) is 5.69 Å². The molecule has 1 N–H and O–H groups in total. The van der Waals surface area contributed by atoms with Crippen molar-refractivity contribution >= 4 is 11.9 Å². The van der Waals surface area contributed by atoms with E-state index in [1.165, 1.54) is 4.90 Å². The summed E-state index contributed by atoms with van der Waals surface area (Å²) in [6.45, 7) is 1.79. The van der Waals surface area contributed by atoms with Crippen LogP contribution in [0.1, 0.15) is 54.7 Å². The molecule has 1 amide bonds. The van der Waals surface area contributed by atoms with Gasteiger partial charge in [0.1, 0.15) is 11.7 Å². The predicted octanol–water partition coefficient (Wildman–Crippen LogP) is 3.11. The first-order chi connectivity index (χ1) is 12.1. The molecular weight excluding hydrogens is 318 g/mol. The molecule has 6 heteroatoms. The van der Waals surface area contributed by atoms with Gasteiger partial charge in [0.25, 0.3) is 5.91 Å². The second-order valence-corrected chi connectivity index (χ2v) is 6.53. The fourth-order valence-corrected chi connectivity index (χ4v) is 3.37. The van der Waals surface area contributed by atoms with Gasteiger partial charge in [0.15, 0.2) is 0 Å². The molecule has 1 aromatic heterocycles. The second-order valence-electron chi connectivity index (χ2n) is 6.53. The number of carbonyl (C=O) groups is 2. The van der Waals surface area contributed by atoms with Gasteiger partial charge in [0.2, 0.25) is 0 Å². The second kappa shape index (κ2) is 7.51. The summed E-state index contributed by atoms with van der Waals surface area (Å²) in [6, 6.07) is 10.4. The molecule has 2 aromatic rings. The highest BCUT2D eigenvalue weighted by Crippen LogP contribution is 2.30. The minimum Gasteiger partial charge on any atom is -0.480 e. The van der Waals surface area contributed by atoms with Crippen LogP contribution >= 0.6 is 0 Å². The predicted molar refractivity (Wildman–Crippen MR) is 93.1 cm³/mol. The zero-order valence-electron chi connectivity index (χ0n) is 14.3. The maximum atomic E-state index is 13.1. The monoisotopic (exact) mass is 341 g/mol. The van der Waals surface area contributed by atoms with Crippen LogP contribution in [0, 0.1) is 0 Å². The molecule has 1 aliphatic carbocycles. The average Bonchev–Trinajstić information content (AvgIpc) is 3.30. The number of amides is 1. The minimum absolute atomic E-state index is 0.229.